The van der Waals surface area contributed by atoms with Crippen molar-refractivity contribution in [3.05, 3.63) is 35.7 Å². The van der Waals surface area contributed by atoms with Crippen LogP contribution >= 0.6 is 11.8 Å². The number of aliphatic carboxylic acids is 1. The fourth-order valence-corrected chi connectivity index (χ4v) is 1.56. The number of rotatable bonds is 6. The summed E-state index contributed by atoms with van der Waals surface area (Å²) in [5.41, 5.74) is 0.720. The van der Waals surface area contributed by atoms with E-state index >= 15 is 0 Å². The first-order valence-corrected chi connectivity index (χ1v) is 6.67. The third-order valence-corrected chi connectivity index (χ3v) is 2.66. The van der Waals surface area contributed by atoms with Gasteiger partial charge in [0.15, 0.2) is 0 Å². The standard InChI is InChI=1S/C12H14N2O3S/c1-18-8-7-14-12(17)11-9(3-2-6-13-11)4-5-10(15)16/h2-6H,7-8H2,1H3,(H,14,17)(H,15,16)/b5-4+. The molecule has 2 N–H and O–H groups in total. The quantitative estimate of drug-likeness (QED) is 0.599. The van der Waals surface area contributed by atoms with Crippen molar-refractivity contribution in [2.24, 2.45) is 0 Å². The van der Waals surface area contributed by atoms with E-state index in [1.54, 1.807) is 23.9 Å². The Balaban J connectivity index is 2.81. The van der Waals surface area contributed by atoms with Crippen LogP contribution in [0.25, 0.3) is 6.08 Å². The number of amides is 1. The van der Waals surface area contributed by atoms with Crippen molar-refractivity contribution >= 4 is 29.7 Å². The van der Waals surface area contributed by atoms with Gasteiger partial charge in [-0.25, -0.2) is 4.79 Å². The van der Waals surface area contributed by atoms with E-state index in [-0.39, 0.29) is 11.6 Å². The largest absolute Gasteiger partial charge is 0.478 e. The van der Waals surface area contributed by atoms with Crippen LogP contribution in [0.4, 0.5) is 0 Å². The summed E-state index contributed by atoms with van der Waals surface area (Å²) in [4.78, 5) is 26.2. The number of pyridine rings is 1. The van der Waals surface area contributed by atoms with Gasteiger partial charge in [-0.2, -0.15) is 11.8 Å². The van der Waals surface area contributed by atoms with Crippen molar-refractivity contribution < 1.29 is 14.7 Å². The average Bonchev–Trinajstić information content (AvgIpc) is 2.37. The van der Waals surface area contributed by atoms with Crippen molar-refractivity contribution in [2.75, 3.05) is 18.6 Å². The minimum absolute atomic E-state index is 0.233. The Morgan fingerprint density at radius 2 is 2.33 bits per heavy atom. The van der Waals surface area contributed by atoms with Gasteiger partial charge in [0.05, 0.1) is 0 Å². The molecule has 6 heteroatoms. The van der Waals surface area contributed by atoms with E-state index in [0.29, 0.717) is 12.1 Å². The lowest BCUT2D eigenvalue weighted by atomic mass is 10.1. The molecule has 0 radical (unpaired) electrons. The van der Waals surface area contributed by atoms with E-state index < -0.39 is 5.97 Å². The molecule has 0 aromatic carbocycles. The molecule has 0 aliphatic carbocycles. The molecule has 1 rings (SSSR count). The van der Waals surface area contributed by atoms with Gasteiger partial charge in [-0.3, -0.25) is 9.78 Å². The Morgan fingerprint density at radius 1 is 1.56 bits per heavy atom. The number of carboxylic acid groups (broad SMARTS) is 1. The summed E-state index contributed by atoms with van der Waals surface area (Å²) >= 11 is 1.63. The van der Waals surface area contributed by atoms with E-state index in [2.05, 4.69) is 10.3 Å². The van der Waals surface area contributed by atoms with Crippen LogP contribution in [-0.2, 0) is 4.79 Å². The molecule has 5 nitrogen and oxygen atoms in total. The zero-order valence-electron chi connectivity index (χ0n) is 9.92. The van der Waals surface area contributed by atoms with E-state index in [9.17, 15) is 9.59 Å². The van der Waals surface area contributed by atoms with Crippen molar-refractivity contribution in [3.63, 3.8) is 0 Å². The zero-order chi connectivity index (χ0) is 13.4. The number of carbonyl (C=O) groups excluding carboxylic acids is 1. The number of hydrogen-bond donors (Lipinski definition) is 2. The fourth-order valence-electron chi connectivity index (χ4n) is 1.25. The maximum atomic E-state index is 11.8. The van der Waals surface area contributed by atoms with Crippen LogP contribution in [0, 0.1) is 0 Å². The minimum Gasteiger partial charge on any atom is -0.478 e. The van der Waals surface area contributed by atoms with Crippen LogP contribution in [-0.4, -0.2) is 40.5 Å². The molecule has 0 saturated heterocycles. The van der Waals surface area contributed by atoms with Crippen LogP contribution in [0.5, 0.6) is 0 Å². The van der Waals surface area contributed by atoms with E-state index in [0.717, 1.165) is 11.8 Å². The van der Waals surface area contributed by atoms with Crippen LogP contribution in [0.2, 0.25) is 0 Å². The molecule has 0 aliphatic heterocycles. The molecule has 0 bridgehead atoms. The lowest BCUT2D eigenvalue weighted by Crippen LogP contribution is -2.27. The van der Waals surface area contributed by atoms with Gasteiger partial charge in [0.1, 0.15) is 5.69 Å². The van der Waals surface area contributed by atoms with Crippen molar-refractivity contribution in [1.82, 2.24) is 10.3 Å². The zero-order valence-corrected chi connectivity index (χ0v) is 10.7. The number of carbonyl (C=O) groups is 2. The summed E-state index contributed by atoms with van der Waals surface area (Å²) in [6.45, 7) is 0.554. The molecule has 1 amide bonds. The van der Waals surface area contributed by atoms with Crippen molar-refractivity contribution in [3.8, 4) is 0 Å². The third-order valence-electron chi connectivity index (χ3n) is 2.05. The monoisotopic (exact) mass is 266 g/mol. The van der Waals surface area contributed by atoms with Gasteiger partial charge in [0, 0.05) is 30.1 Å². The highest BCUT2D eigenvalue weighted by atomic mass is 32.2. The minimum atomic E-state index is -1.06. The molecular formula is C12H14N2O3S. The molecule has 18 heavy (non-hydrogen) atoms. The third kappa shape index (κ3) is 4.58. The van der Waals surface area contributed by atoms with Gasteiger partial charge in [0.25, 0.3) is 5.91 Å². The number of carboxylic acids is 1. The van der Waals surface area contributed by atoms with Gasteiger partial charge < -0.3 is 10.4 Å². The molecule has 0 saturated carbocycles. The molecule has 0 atom stereocenters. The smallest absolute Gasteiger partial charge is 0.328 e. The predicted octanol–water partition coefficient (Wildman–Crippen LogP) is 1.27. The highest BCUT2D eigenvalue weighted by molar-refractivity contribution is 7.98. The van der Waals surface area contributed by atoms with Crippen LogP contribution in [0.1, 0.15) is 16.1 Å². The first-order chi connectivity index (χ1) is 8.65. The predicted molar refractivity (Wildman–Crippen MR) is 71.6 cm³/mol. The summed E-state index contributed by atoms with van der Waals surface area (Å²) in [6, 6.07) is 3.30. The first kappa shape index (κ1) is 14.2. The van der Waals surface area contributed by atoms with E-state index in [1.165, 1.54) is 12.3 Å². The molecular weight excluding hydrogens is 252 g/mol. The van der Waals surface area contributed by atoms with Crippen LogP contribution in [0.3, 0.4) is 0 Å². The second-order valence-corrected chi connectivity index (χ2v) is 4.35. The summed E-state index contributed by atoms with van der Waals surface area (Å²) in [6.07, 6.45) is 5.80. The second kappa shape index (κ2) is 7.50. The van der Waals surface area contributed by atoms with Crippen LogP contribution in [0.15, 0.2) is 24.4 Å². The van der Waals surface area contributed by atoms with Gasteiger partial charge >= 0.3 is 5.97 Å². The second-order valence-electron chi connectivity index (χ2n) is 3.36. The first-order valence-electron chi connectivity index (χ1n) is 5.28. The average molecular weight is 266 g/mol. The fraction of sp³-hybridized carbons (Fsp3) is 0.250. The SMILES string of the molecule is CSCCNC(=O)c1ncccc1/C=C/C(=O)O. The summed E-state index contributed by atoms with van der Waals surface area (Å²) in [7, 11) is 0. The van der Waals surface area contributed by atoms with Crippen LogP contribution < -0.4 is 5.32 Å². The Kier molecular flexibility index (Phi) is 5.93. The Labute approximate surface area is 109 Å². The topological polar surface area (TPSA) is 79.3 Å². The number of nitrogens with zero attached hydrogens (tertiary/aromatic N) is 1. The summed E-state index contributed by atoms with van der Waals surface area (Å²) < 4.78 is 0. The Hall–Kier alpha value is -1.82. The highest BCUT2D eigenvalue weighted by Gasteiger charge is 2.10. The Bertz CT molecular complexity index is 460. The van der Waals surface area contributed by atoms with Crippen molar-refractivity contribution in [2.45, 2.75) is 0 Å². The summed E-state index contributed by atoms with van der Waals surface area (Å²) in [5, 5.41) is 11.3. The van der Waals surface area contributed by atoms with Gasteiger partial charge in [-0.1, -0.05) is 6.07 Å². The lowest BCUT2D eigenvalue weighted by molar-refractivity contribution is -0.131. The number of aromatic nitrogens is 1. The van der Waals surface area contributed by atoms with Gasteiger partial charge in [0.2, 0.25) is 0 Å². The molecule has 1 heterocycles. The van der Waals surface area contributed by atoms with Gasteiger partial charge in [-0.05, 0) is 18.4 Å². The van der Waals surface area contributed by atoms with E-state index in [4.69, 9.17) is 5.11 Å². The highest BCUT2D eigenvalue weighted by Crippen LogP contribution is 2.07. The molecule has 0 unspecified atom stereocenters. The van der Waals surface area contributed by atoms with Crippen molar-refractivity contribution in [1.29, 1.82) is 0 Å². The lowest BCUT2D eigenvalue weighted by Gasteiger charge is -2.05. The number of thioether (sulfide) groups is 1. The normalized spacial score (nSPS) is 10.5. The molecule has 1 aromatic heterocycles. The molecule has 0 spiro atoms. The summed E-state index contributed by atoms with van der Waals surface area (Å²) in [5.74, 6) is -0.541. The van der Waals surface area contributed by atoms with Gasteiger partial charge in [-0.15, -0.1) is 0 Å². The number of nitrogens with one attached hydrogen (secondary N) is 1. The van der Waals surface area contributed by atoms with E-state index in [1.807, 2.05) is 6.26 Å². The maximum Gasteiger partial charge on any atom is 0.328 e. The maximum absolute atomic E-state index is 11.8. The Morgan fingerprint density at radius 3 is 3.00 bits per heavy atom. The molecule has 0 fully saturated rings. The number of hydrogen-bond acceptors (Lipinski definition) is 4. The molecule has 0 aliphatic rings. The molecule has 96 valence electrons. The molecule has 1 aromatic rings.